The summed E-state index contributed by atoms with van der Waals surface area (Å²) in [4.78, 5) is 33.0. The summed E-state index contributed by atoms with van der Waals surface area (Å²) < 4.78 is 0. The first-order valence-corrected chi connectivity index (χ1v) is 9.23. The number of aromatic amines is 1. The third-order valence-electron chi connectivity index (χ3n) is 4.90. The number of H-pyrrole nitrogens is 1. The first kappa shape index (κ1) is 17.9. The van der Waals surface area contributed by atoms with Gasteiger partial charge in [-0.05, 0) is 37.3 Å². The van der Waals surface area contributed by atoms with Crippen LogP contribution in [0.15, 0.2) is 54.9 Å². The second-order valence-corrected chi connectivity index (χ2v) is 6.86. The molecular formula is C21H21N5O2. The molecule has 0 radical (unpaired) electrons. The second kappa shape index (κ2) is 7.64. The maximum atomic E-state index is 12.8. The maximum Gasteiger partial charge on any atom is 0.272 e. The van der Waals surface area contributed by atoms with Gasteiger partial charge in [0.15, 0.2) is 0 Å². The van der Waals surface area contributed by atoms with Gasteiger partial charge in [-0.1, -0.05) is 17.7 Å². The fourth-order valence-corrected chi connectivity index (χ4v) is 3.35. The fraction of sp³-hybridized carbons (Fsp3) is 0.238. The molecular weight excluding hydrogens is 354 g/mol. The Morgan fingerprint density at radius 2 is 1.61 bits per heavy atom. The molecule has 0 bridgehead atoms. The topological polar surface area (TPSA) is 82.2 Å². The molecule has 0 unspecified atom stereocenters. The van der Waals surface area contributed by atoms with E-state index in [1.165, 1.54) is 0 Å². The van der Waals surface area contributed by atoms with Crippen LogP contribution in [0.1, 0.15) is 26.4 Å². The minimum absolute atomic E-state index is 0.0114. The molecule has 3 heterocycles. The number of rotatable bonds is 3. The highest BCUT2D eigenvalue weighted by atomic mass is 16.2. The molecule has 0 spiro atoms. The first-order valence-electron chi connectivity index (χ1n) is 9.23. The van der Waals surface area contributed by atoms with Crippen molar-refractivity contribution in [2.45, 2.75) is 6.92 Å². The summed E-state index contributed by atoms with van der Waals surface area (Å²) in [5.41, 5.74) is 3.81. The average molecular weight is 375 g/mol. The Hall–Kier alpha value is -3.48. The predicted octanol–water partition coefficient (Wildman–Crippen LogP) is 2.38. The summed E-state index contributed by atoms with van der Waals surface area (Å²) in [5.74, 6) is -0.0900. The van der Waals surface area contributed by atoms with Crippen molar-refractivity contribution in [1.82, 2.24) is 25.0 Å². The number of hydrogen-bond acceptors (Lipinski definition) is 4. The van der Waals surface area contributed by atoms with Gasteiger partial charge in [0, 0.05) is 49.7 Å². The highest BCUT2D eigenvalue weighted by molar-refractivity contribution is 5.95. The second-order valence-electron chi connectivity index (χ2n) is 6.86. The van der Waals surface area contributed by atoms with Crippen LogP contribution in [0.2, 0.25) is 0 Å². The lowest BCUT2D eigenvalue weighted by atomic mass is 10.1. The van der Waals surface area contributed by atoms with Crippen LogP contribution in [0.4, 0.5) is 0 Å². The normalized spacial score (nSPS) is 14.2. The van der Waals surface area contributed by atoms with E-state index in [1.807, 2.05) is 43.3 Å². The van der Waals surface area contributed by atoms with Crippen molar-refractivity contribution >= 4 is 11.8 Å². The Morgan fingerprint density at radius 1 is 0.929 bits per heavy atom. The van der Waals surface area contributed by atoms with Crippen molar-refractivity contribution < 1.29 is 9.59 Å². The number of nitrogens with one attached hydrogen (secondary N) is 1. The molecule has 2 aromatic heterocycles. The van der Waals surface area contributed by atoms with E-state index in [-0.39, 0.29) is 11.8 Å². The summed E-state index contributed by atoms with van der Waals surface area (Å²) in [6.45, 7) is 4.01. The number of carbonyl (C=O) groups is 2. The Bertz CT molecular complexity index is 991. The van der Waals surface area contributed by atoms with Gasteiger partial charge in [-0.2, -0.15) is 5.10 Å². The minimum Gasteiger partial charge on any atom is -0.335 e. The van der Waals surface area contributed by atoms with Gasteiger partial charge < -0.3 is 9.80 Å². The number of aryl methyl sites for hydroxylation is 1. The predicted molar refractivity (Wildman–Crippen MR) is 105 cm³/mol. The quantitative estimate of drug-likeness (QED) is 0.762. The Balaban J connectivity index is 1.39. The molecule has 0 aliphatic carbocycles. The number of benzene rings is 1. The summed E-state index contributed by atoms with van der Waals surface area (Å²) in [7, 11) is 0. The third kappa shape index (κ3) is 3.64. The molecule has 0 saturated carbocycles. The summed E-state index contributed by atoms with van der Waals surface area (Å²) >= 11 is 0. The number of aromatic nitrogens is 3. The van der Waals surface area contributed by atoms with Crippen molar-refractivity contribution in [3.63, 3.8) is 0 Å². The highest BCUT2D eigenvalue weighted by Gasteiger charge is 2.26. The molecule has 1 aliphatic heterocycles. The van der Waals surface area contributed by atoms with Gasteiger partial charge >= 0.3 is 0 Å². The molecule has 142 valence electrons. The monoisotopic (exact) mass is 375 g/mol. The van der Waals surface area contributed by atoms with Gasteiger partial charge in [0.25, 0.3) is 11.8 Å². The lowest BCUT2D eigenvalue weighted by molar-refractivity contribution is 0.0532. The van der Waals surface area contributed by atoms with Crippen LogP contribution in [0, 0.1) is 6.92 Å². The molecule has 0 atom stereocenters. The molecule has 1 aromatic carbocycles. The van der Waals surface area contributed by atoms with Crippen LogP contribution in [-0.2, 0) is 0 Å². The average Bonchev–Trinajstić information content (AvgIpc) is 3.24. The Kier molecular flexibility index (Phi) is 4.89. The highest BCUT2D eigenvalue weighted by Crippen LogP contribution is 2.18. The fourth-order valence-electron chi connectivity index (χ4n) is 3.35. The number of pyridine rings is 1. The smallest absolute Gasteiger partial charge is 0.272 e. The SMILES string of the molecule is Cc1cccc(C(=O)N2CCN(C(=O)c3cc(-c4ccncc4)n[nH]3)CC2)c1. The lowest BCUT2D eigenvalue weighted by Gasteiger charge is -2.34. The van der Waals surface area contributed by atoms with E-state index >= 15 is 0 Å². The molecule has 1 saturated heterocycles. The molecule has 1 fully saturated rings. The van der Waals surface area contributed by atoms with Crippen molar-refractivity contribution in [2.24, 2.45) is 0 Å². The first-order chi connectivity index (χ1) is 13.6. The molecule has 3 aromatic rings. The molecule has 4 rings (SSSR count). The Labute approximate surface area is 163 Å². The van der Waals surface area contributed by atoms with E-state index in [1.54, 1.807) is 28.3 Å². The van der Waals surface area contributed by atoms with E-state index in [0.717, 1.165) is 11.1 Å². The minimum atomic E-state index is -0.101. The third-order valence-corrected chi connectivity index (χ3v) is 4.90. The number of piperazine rings is 1. The zero-order valence-corrected chi connectivity index (χ0v) is 15.6. The number of carbonyl (C=O) groups excluding carboxylic acids is 2. The largest absolute Gasteiger partial charge is 0.335 e. The van der Waals surface area contributed by atoms with Gasteiger partial charge in [0.1, 0.15) is 5.69 Å². The molecule has 7 heteroatoms. The maximum absolute atomic E-state index is 12.8. The Morgan fingerprint density at radius 3 is 2.29 bits per heavy atom. The summed E-state index contributed by atoms with van der Waals surface area (Å²) in [5, 5.41) is 7.05. The van der Waals surface area contributed by atoms with E-state index in [9.17, 15) is 9.59 Å². The molecule has 28 heavy (non-hydrogen) atoms. The van der Waals surface area contributed by atoms with Crippen LogP contribution in [-0.4, -0.2) is 63.0 Å². The van der Waals surface area contributed by atoms with Gasteiger partial charge in [0.2, 0.25) is 0 Å². The zero-order valence-electron chi connectivity index (χ0n) is 15.6. The summed E-state index contributed by atoms with van der Waals surface area (Å²) in [6.07, 6.45) is 3.38. The van der Waals surface area contributed by atoms with E-state index in [0.29, 0.717) is 43.1 Å². The zero-order chi connectivity index (χ0) is 19.5. The van der Waals surface area contributed by atoms with Gasteiger partial charge in [-0.25, -0.2) is 0 Å². The van der Waals surface area contributed by atoms with Crippen molar-refractivity contribution in [1.29, 1.82) is 0 Å². The molecule has 1 aliphatic rings. The standard InChI is InChI=1S/C21H21N5O2/c1-15-3-2-4-17(13-15)20(27)25-9-11-26(12-10-25)21(28)19-14-18(23-24-19)16-5-7-22-8-6-16/h2-8,13-14H,9-12H2,1H3,(H,23,24). The van der Waals surface area contributed by atoms with Crippen LogP contribution in [0.5, 0.6) is 0 Å². The van der Waals surface area contributed by atoms with Crippen molar-refractivity contribution in [3.05, 3.63) is 71.7 Å². The molecule has 2 amide bonds. The number of hydrogen-bond donors (Lipinski definition) is 1. The van der Waals surface area contributed by atoms with Crippen LogP contribution in [0.3, 0.4) is 0 Å². The number of nitrogens with zero attached hydrogens (tertiary/aromatic N) is 4. The van der Waals surface area contributed by atoms with E-state index < -0.39 is 0 Å². The van der Waals surface area contributed by atoms with E-state index in [4.69, 9.17) is 0 Å². The van der Waals surface area contributed by atoms with Gasteiger partial charge in [0.05, 0.1) is 5.69 Å². The van der Waals surface area contributed by atoms with Gasteiger partial charge in [-0.3, -0.25) is 19.7 Å². The van der Waals surface area contributed by atoms with Crippen molar-refractivity contribution in [2.75, 3.05) is 26.2 Å². The molecule has 1 N–H and O–H groups in total. The molecule has 7 nitrogen and oxygen atoms in total. The van der Waals surface area contributed by atoms with Crippen LogP contribution >= 0.6 is 0 Å². The summed E-state index contributed by atoms with van der Waals surface area (Å²) in [6, 6.07) is 13.0. The van der Waals surface area contributed by atoms with E-state index in [2.05, 4.69) is 15.2 Å². The number of amides is 2. The van der Waals surface area contributed by atoms with Crippen LogP contribution in [0.25, 0.3) is 11.3 Å². The van der Waals surface area contributed by atoms with Gasteiger partial charge in [-0.15, -0.1) is 0 Å². The van der Waals surface area contributed by atoms with Crippen LogP contribution < -0.4 is 0 Å². The van der Waals surface area contributed by atoms with Crippen molar-refractivity contribution in [3.8, 4) is 11.3 Å². The lowest BCUT2D eigenvalue weighted by Crippen LogP contribution is -2.50.